The van der Waals surface area contributed by atoms with Crippen LogP contribution < -0.4 is 4.74 Å². The van der Waals surface area contributed by atoms with Crippen LogP contribution in [0.4, 0.5) is 0 Å². The summed E-state index contributed by atoms with van der Waals surface area (Å²) in [4.78, 5) is 12.5. The Morgan fingerprint density at radius 3 is 2.86 bits per heavy atom. The number of benzene rings is 1. The van der Waals surface area contributed by atoms with Crippen molar-refractivity contribution >= 4 is 21.8 Å². The van der Waals surface area contributed by atoms with Gasteiger partial charge in [0.25, 0.3) is 0 Å². The molecule has 2 N–H and O–H groups in total. The van der Waals surface area contributed by atoms with E-state index in [2.05, 4.69) is 15.0 Å². The Hall–Kier alpha value is -3.12. The lowest BCUT2D eigenvalue weighted by atomic mass is 10.1. The van der Waals surface area contributed by atoms with Crippen LogP contribution in [0.5, 0.6) is 11.6 Å². The van der Waals surface area contributed by atoms with E-state index in [1.165, 1.54) is 0 Å². The number of aromatic nitrogens is 3. The lowest BCUT2D eigenvalue weighted by molar-refractivity contribution is 0.0238. The zero-order valence-corrected chi connectivity index (χ0v) is 15.6. The quantitative estimate of drug-likeness (QED) is 0.556. The maximum absolute atomic E-state index is 10.2. The van der Waals surface area contributed by atoms with Gasteiger partial charge in [-0.15, -0.1) is 0 Å². The monoisotopic (exact) mass is 375 g/mol. The average Bonchev–Trinajstić information content (AvgIpc) is 3.12. The molecule has 5 rings (SSSR count). The van der Waals surface area contributed by atoms with Crippen molar-refractivity contribution in [2.24, 2.45) is 0 Å². The van der Waals surface area contributed by atoms with E-state index in [1.807, 2.05) is 37.3 Å². The highest BCUT2D eigenvalue weighted by molar-refractivity contribution is 6.11. The molecule has 6 heteroatoms. The summed E-state index contributed by atoms with van der Waals surface area (Å²) in [5, 5.41) is 12.2. The van der Waals surface area contributed by atoms with Crippen molar-refractivity contribution in [2.75, 3.05) is 13.2 Å². The summed E-state index contributed by atoms with van der Waals surface area (Å²) < 4.78 is 11.4. The summed E-state index contributed by atoms with van der Waals surface area (Å²) in [6.07, 6.45) is 3.70. The van der Waals surface area contributed by atoms with Crippen LogP contribution in [0.2, 0.25) is 0 Å². The highest BCUT2D eigenvalue weighted by atomic mass is 16.5. The number of fused-ring (bicyclic) bond motifs is 3. The molecule has 0 saturated carbocycles. The highest BCUT2D eigenvalue weighted by Crippen LogP contribution is 2.34. The van der Waals surface area contributed by atoms with E-state index in [-0.39, 0.29) is 11.9 Å². The number of ether oxygens (including phenoxy) is 2. The van der Waals surface area contributed by atoms with E-state index in [9.17, 15) is 5.11 Å². The van der Waals surface area contributed by atoms with Crippen molar-refractivity contribution < 1.29 is 14.6 Å². The van der Waals surface area contributed by atoms with Crippen LogP contribution in [0.25, 0.3) is 33.2 Å². The molecule has 28 heavy (non-hydrogen) atoms. The van der Waals surface area contributed by atoms with E-state index in [0.29, 0.717) is 5.88 Å². The average molecular weight is 375 g/mol. The van der Waals surface area contributed by atoms with Gasteiger partial charge < -0.3 is 19.6 Å². The molecule has 0 amide bonds. The predicted molar refractivity (Wildman–Crippen MR) is 108 cm³/mol. The van der Waals surface area contributed by atoms with Crippen molar-refractivity contribution in [3.8, 4) is 23.0 Å². The zero-order valence-electron chi connectivity index (χ0n) is 15.6. The van der Waals surface area contributed by atoms with Crippen molar-refractivity contribution in [1.29, 1.82) is 0 Å². The second kappa shape index (κ2) is 6.80. The number of nitrogens with zero attached hydrogens (tertiary/aromatic N) is 2. The first-order valence-electron chi connectivity index (χ1n) is 9.51. The fourth-order valence-electron chi connectivity index (χ4n) is 3.79. The van der Waals surface area contributed by atoms with Crippen LogP contribution in [-0.2, 0) is 4.74 Å². The van der Waals surface area contributed by atoms with Crippen LogP contribution in [0, 0.1) is 6.92 Å². The molecule has 4 heterocycles. The van der Waals surface area contributed by atoms with Crippen LogP contribution >= 0.6 is 0 Å². The number of rotatable bonds is 3. The summed E-state index contributed by atoms with van der Waals surface area (Å²) in [6.45, 7) is 3.50. The van der Waals surface area contributed by atoms with E-state index >= 15 is 0 Å². The van der Waals surface area contributed by atoms with Crippen molar-refractivity contribution in [3.63, 3.8) is 0 Å². The van der Waals surface area contributed by atoms with E-state index in [0.717, 1.165) is 64.8 Å². The molecule has 0 radical (unpaired) electrons. The van der Waals surface area contributed by atoms with Crippen LogP contribution in [0.3, 0.4) is 0 Å². The van der Waals surface area contributed by atoms with Gasteiger partial charge in [0.2, 0.25) is 5.88 Å². The lowest BCUT2D eigenvalue weighted by Gasteiger charge is -2.22. The Balaban J connectivity index is 1.55. The second-order valence-electron chi connectivity index (χ2n) is 7.18. The fourth-order valence-corrected chi connectivity index (χ4v) is 3.79. The number of nitrogens with one attached hydrogen (secondary N) is 1. The van der Waals surface area contributed by atoms with Gasteiger partial charge in [-0.2, -0.15) is 0 Å². The summed E-state index contributed by atoms with van der Waals surface area (Å²) in [5.41, 5.74) is 4.25. The normalized spacial score (nSPS) is 15.3. The SMILES string of the molecule is Cc1ccc(O)c2[nH]c3cnc(-c4cccc(OC5CCOCC5)n4)cc3c12. The standard InChI is InChI=1S/C22H21N3O3/c1-13-5-6-19(26)22-21(13)15-11-17(23-12-18(15)25-22)16-3-2-4-20(24-16)28-14-7-9-27-10-8-14/h2-6,11-12,14,25-26H,7-10H2,1H3. The fraction of sp³-hybridized carbons (Fsp3) is 0.273. The van der Waals surface area contributed by atoms with Crippen LogP contribution in [0.1, 0.15) is 18.4 Å². The zero-order chi connectivity index (χ0) is 19.1. The Labute approximate surface area is 162 Å². The minimum absolute atomic E-state index is 0.145. The molecule has 4 aromatic rings. The van der Waals surface area contributed by atoms with Crippen molar-refractivity contribution in [2.45, 2.75) is 25.9 Å². The minimum Gasteiger partial charge on any atom is -0.506 e. The molecule has 1 aromatic carbocycles. The smallest absolute Gasteiger partial charge is 0.214 e. The maximum Gasteiger partial charge on any atom is 0.214 e. The summed E-state index contributed by atoms with van der Waals surface area (Å²) in [7, 11) is 0. The van der Waals surface area contributed by atoms with Gasteiger partial charge in [0, 0.05) is 29.7 Å². The third kappa shape index (κ3) is 2.96. The number of phenols is 1. The maximum atomic E-state index is 10.2. The van der Waals surface area contributed by atoms with E-state index in [1.54, 1.807) is 12.3 Å². The van der Waals surface area contributed by atoms with Gasteiger partial charge in [-0.1, -0.05) is 12.1 Å². The second-order valence-corrected chi connectivity index (χ2v) is 7.18. The number of hydrogen-bond donors (Lipinski definition) is 2. The van der Waals surface area contributed by atoms with E-state index < -0.39 is 0 Å². The molecule has 1 saturated heterocycles. The van der Waals surface area contributed by atoms with Gasteiger partial charge in [-0.05, 0) is 30.7 Å². The first kappa shape index (κ1) is 17.0. The third-order valence-corrected chi connectivity index (χ3v) is 5.27. The van der Waals surface area contributed by atoms with Gasteiger partial charge in [-0.3, -0.25) is 4.98 Å². The number of hydrogen-bond acceptors (Lipinski definition) is 5. The molecule has 1 aliphatic rings. The molecule has 142 valence electrons. The predicted octanol–water partition coefficient (Wildman–Crippen LogP) is 4.35. The Kier molecular flexibility index (Phi) is 4.13. The first-order chi connectivity index (χ1) is 13.7. The minimum atomic E-state index is 0.145. The molecule has 1 aliphatic heterocycles. The van der Waals surface area contributed by atoms with E-state index in [4.69, 9.17) is 9.47 Å². The van der Waals surface area contributed by atoms with Gasteiger partial charge in [-0.25, -0.2) is 4.98 Å². The molecule has 0 unspecified atom stereocenters. The van der Waals surface area contributed by atoms with Gasteiger partial charge in [0.05, 0.1) is 41.8 Å². The summed E-state index contributed by atoms with van der Waals surface area (Å²) >= 11 is 0. The number of aromatic hydroxyl groups is 1. The number of aryl methyl sites for hydroxylation is 1. The number of phenolic OH excluding ortho intramolecular Hbond substituents is 1. The van der Waals surface area contributed by atoms with Gasteiger partial charge in [0.15, 0.2) is 0 Å². The molecule has 6 nitrogen and oxygen atoms in total. The van der Waals surface area contributed by atoms with Crippen molar-refractivity contribution in [1.82, 2.24) is 15.0 Å². The topological polar surface area (TPSA) is 80.3 Å². The van der Waals surface area contributed by atoms with Gasteiger partial charge >= 0.3 is 0 Å². The number of aromatic amines is 1. The molecule has 0 atom stereocenters. The summed E-state index contributed by atoms with van der Waals surface area (Å²) in [6, 6.07) is 11.4. The largest absolute Gasteiger partial charge is 0.506 e. The molecule has 1 fully saturated rings. The molecule has 0 bridgehead atoms. The van der Waals surface area contributed by atoms with Crippen LogP contribution in [-0.4, -0.2) is 39.4 Å². The molecular weight excluding hydrogens is 354 g/mol. The molecule has 3 aromatic heterocycles. The molecule has 0 spiro atoms. The Morgan fingerprint density at radius 1 is 1.14 bits per heavy atom. The molecule has 0 aliphatic carbocycles. The first-order valence-corrected chi connectivity index (χ1v) is 9.51. The lowest BCUT2D eigenvalue weighted by Crippen LogP contribution is -2.26. The van der Waals surface area contributed by atoms with Gasteiger partial charge in [0.1, 0.15) is 11.9 Å². The molecular formula is C22H21N3O3. The highest BCUT2D eigenvalue weighted by Gasteiger charge is 2.17. The summed E-state index contributed by atoms with van der Waals surface area (Å²) in [5.74, 6) is 0.849. The third-order valence-electron chi connectivity index (χ3n) is 5.27. The van der Waals surface area contributed by atoms with Crippen molar-refractivity contribution in [3.05, 3.63) is 48.2 Å². The van der Waals surface area contributed by atoms with Crippen LogP contribution in [0.15, 0.2) is 42.6 Å². The Bertz CT molecular complexity index is 1160. The Morgan fingerprint density at radius 2 is 2.00 bits per heavy atom. The number of pyridine rings is 2. The number of H-pyrrole nitrogens is 1.